The van der Waals surface area contributed by atoms with Crippen molar-refractivity contribution in [3.05, 3.63) is 35.9 Å². The van der Waals surface area contributed by atoms with Crippen LogP contribution in [0.2, 0.25) is 0 Å². The van der Waals surface area contributed by atoms with Crippen molar-refractivity contribution in [3.63, 3.8) is 0 Å². The number of nitrogens with zero attached hydrogens (tertiary/aromatic N) is 2. The van der Waals surface area contributed by atoms with Gasteiger partial charge >= 0.3 is 17.8 Å². The number of ether oxygens (including phenoxy) is 1. The lowest BCUT2D eigenvalue weighted by Gasteiger charge is -2.40. The van der Waals surface area contributed by atoms with Gasteiger partial charge in [-0.25, -0.2) is 4.79 Å². The van der Waals surface area contributed by atoms with E-state index in [1.807, 2.05) is 6.07 Å². The number of methoxy groups -OCH3 is 1. The number of imide groups is 1. The minimum atomic E-state index is -1.50. The van der Waals surface area contributed by atoms with Gasteiger partial charge in [-0.05, 0) is 12.5 Å². The van der Waals surface area contributed by atoms with Crippen LogP contribution in [0.5, 0.6) is 0 Å². The van der Waals surface area contributed by atoms with E-state index in [1.165, 1.54) is 12.0 Å². The van der Waals surface area contributed by atoms with Crippen molar-refractivity contribution < 1.29 is 28.7 Å². The van der Waals surface area contributed by atoms with Gasteiger partial charge in [0.05, 0.1) is 6.54 Å². The van der Waals surface area contributed by atoms with Crippen molar-refractivity contribution in [2.24, 2.45) is 0 Å². The third kappa shape index (κ3) is 4.50. The molecule has 11 nitrogen and oxygen atoms in total. The second kappa shape index (κ2) is 9.13. The van der Waals surface area contributed by atoms with E-state index >= 15 is 0 Å². The van der Waals surface area contributed by atoms with Crippen LogP contribution in [0.4, 0.5) is 4.79 Å². The molecule has 11 heteroatoms. The fourth-order valence-electron chi connectivity index (χ4n) is 3.38. The predicted molar refractivity (Wildman–Crippen MR) is 107 cm³/mol. The molecule has 2 fully saturated rings. The molecule has 31 heavy (non-hydrogen) atoms. The van der Waals surface area contributed by atoms with Crippen molar-refractivity contribution in [2.45, 2.75) is 25.1 Å². The zero-order chi connectivity index (χ0) is 22.6. The molecule has 2 aliphatic heterocycles. The number of β-lactam (4-membered cyclic amide) rings is 1. The molecule has 0 aromatic heterocycles. The summed E-state index contributed by atoms with van der Waals surface area (Å²) in [5, 5.41) is 7.55. The Labute approximate surface area is 179 Å². The first-order valence-electron chi connectivity index (χ1n) is 9.92. The Morgan fingerprint density at radius 2 is 1.87 bits per heavy atom. The summed E-state index contributed by atoms with van der Waals surface area (Å²) in [7, 11) is 1.29. The van der Waals surface area contributed by atoms with E-state index in [0.29, 0.717) is 6.54 Å². The molecule has 2 heterocycles. The van der Waals surface area contributed by atoms with Crippen LogP contribution in [-0.2, 0) is 30.3 Å². The first kappa shape index (κ1) is 22.2. The normalized spacial score (nSPS) is 21.8. The van der Waals surface area contributed by atoms with Crippen LogP contribution >= 0.6 is 0 Å². The van der Waals surface area contributed by atoms with E-state index in [0.717, 1.165) is 10.5 Å². The van der Waals surface area contributed by atoms with Crippen molar-refractivity contribution >= 4 is 29.7 Å². The molecule has 166 valence electrons. The summed E-state index contributed by atoms with van der Waals surface area (Å²) in [6.07, 6.45) is 0.108. The maximum atomic E-state index is 13.0. The lowest BCUT2D eigenvalue weighted by atomic mass is 10.0. The molecule has 1 aromatic rings. The topological polar surface area (TPSA) is 137 Å². The van der Waals surface area contributed by atoms with E-state index < -0.39 is 41.4 Å². The number of nitrogens with one attached hydrogen (secondary N) is 3. The number of carbonyl (C=O) groups is 5. The zero-order valence-corrected chi connectivity index (χ0v) is 17.3. The van der Waals surface area contributed by atoms with Crippen LogP contribution in [0, 0.1) is 0 Å². The highest BCUT2D eigenvalue weighted by molar-refractivity contribution is 6.38. The van der Waals surface area contributed by atoms with E-state index in [1.54, 1.807) is 31.2 Å². The first-order chi connectivity index (χ1) is 14.8. The quantitative estimate of drug-likeness (QED) is 0.276. The van der Waals surface area contributed by atoms with Gasteiger partial charge in [-0.1, -0.05) is 30.3 Å². The largest absolute Gasteiger partial charge is 0.349 e. The summed E-state index contributed by atoms with van der Waals surface area (Å²) in [6, 6.07) is 6.99. The Morgan fingerprint density at radius 3 is 2.42 bits per heavy atom. The van der Waals surface area contributed by atoms with Gasteiger partial charge in [-0.15, -0.1) is 0 Å². The number of piperazine rings is 1. The molecular weight excluding hydrogens is 406 g/mol. The van der Waals surface area contributed by atoms with Gasteiger partial charge in [0.25, 0.3) is 5.91 Å². The van der Waals surface area contributed by atoms with Gasteiger partial charge in [0, 0.05) is 33.2 Å². The lowest BCUT2D eigenvalue weighted by Crippen LogP contribution is -2.75. The average Bonchev–Trinajstić information content (AvgIpc) is 2.78. The Kier molecular flexibility index (Phi) is 6.54. The summed E-state index contributed by atoms with van der Waals surface area (Å²) in [5.41, 5.74) is -0.749. The van der Waals surface area contributed by atoms with Crippen LogP contribution in [0.3, 0.4) is 0 Å². The van der Waals surface area contributed by atoms with E-state index in [2.05, 4.69) is 16.0 Å². The van der Waals surface area contributed by atoms with Gasteiger partial charge in [0.2, 0.25) is 11.6 Å². The molecule has 2 aliphatic rings. The number of likely N-dealkylation sites (N-methyl/N-ethyl adjacent to an activating group) is 1. The Bertz CT molecular complexity index is 887. The maximum absolute atomic E-state index is 13.0. The molecule has 0 spiro atoms. The van der Waals surface area contributed by atoms with Crippen molar-refractivity contribution in [2.75, 3.05) is 33.3 Å². The molecule has 1 aromatic carbocycles. The van der Waals surface area contributed by atoms with Crippen LogP contribution in [-0.4, -0.2) is 84.5 Å². The average molecular weight is 431 g/mol. The van der Waals surface area contributed by atoms with Gasteiger partial charge in [0.15, 0.2) is 0 Å². The van der Waals surface area contributed by atoms with Crippen LogP contribution in [0.25, 0.3) is 0 Å². The van der Waals surface area contributed by atoms with Crippen molar-refractivity contribution in [1.82, 2.24) is 25.8 Å². The smallest absolute Gasteiger partial charge is 0.325 e. The fourth-order valence-corrected chi connectivity index (χ4v) is 3.38. The third-order valence-corrected chi connectivity index (χ3v) is 5.37. The molecule has 0 saturated carbocycles. The van der Waals surface area contributed by atoms with Gasteiger partial charge in [0.1, 0.15) is 6.04 Å². The highest BCUT2D eigenvalue weighted by Crippen LogP contribution is 2.15. The molecule has 3 rings (SSSR count). The predicted octanol–water partition coefficient (Wildman–Crippen LogP) is -1.41. The molecule has 2 unspecified atom stereocenters. The zero-order valence-electron chi connectivity index (χ0n) is 17.3. The molecule has 6 amide bonds. The summed E-state index contributed by atoms with van der Waals surface area (Å²) in [4.78, 5) is 64.2. The maximum Gasteiger partial charge on any atom is 0.325 e. The number of hydrogen-bond acceptors (Lipinski definition) is 6. The molecule has 2 saturated heterocycles. The second-order valence-electron chi connectivity index (χ2n) is 7.24. The van der Waals surface area contributed by atoms with Gasteiger partial charge in [-0.3, -0.25) is 24.1 Å². The molecule has 0 aliphatic carbocycles. The van der Waals surface area contributed by atoms with Crippen molar-refractivity contribution in [1.29, 1.82) is 0 Å². The number of amides is 6. The first-order valence-corrected chi connectivity index (χ1v) is 9.92. The summed E-state index contributed by atoms with van der Waals surface area (Å²) in [6.45, 7) is 2.43. The molecule has 0 radical (unpaired) electrons. The standard InChI is InChI=1S/C20H25N5O6/c1-3-24-9-10-25(17(28)16(24)27)19(30)22-14(11-13-7-5-4-6-8-13)15(26)23-20(31-2)12-21-18(20)29/h4-8,14H,3,9-12H2,1-2H3,(H,21,29)(H,22,30)(H,23,26). The summed E-state index contributed by atoms with van der Waals surface area (Å²) in [5.74, 6) is -2.86. The molecule has 0 bridgehead atoms. The van der Waals surface area contributed by atoms with E-state index in [9.17, 15) is 24.0 Å². The third-order valence-electron chi connectivity index (χ3n) is 5.37. The SMILES string of the molecule is CCN1CCN(C(=O)NC(Cc2ccccc2)C(=O)NC2(OC)CNC2=O)C(=O)C1=O. The fraction of sp³-hybridized carbons (Fsp3) is 0.450. The second-order valence-corrected chi connectivity index (χ2v) is 7.24. The summed E-state index contributed by atoms with van der Waals surface area (Å²) >= 11 is 0. The van der Waals surface area contributed by atoms with Crippen LogP contribution < -0.4 is 16.0 Å². The minimum absolute atomic E-state index is 0.0222. The molecule has 2 atom stereocenters. The highest BCUT2D eigenvalue weighted by Gasteiger charge is 2.49. The Hall–Kier alpha value is -3.47. The van der Waals surface area contributed by atoms with Crippen LogP contribution in [0.1, 0.15) is 12.5 Å². The summed E-state index contributed by atoms with van der Waals surface area (Å²) < 4.78 is 5.16. The van der Waals surface area contributed by atoms with Crippen molar-refractivity contribution in [3.8, 4) is 0 Å². The Morgan fingerprint density at radius 1 is 1.16 bits per heavy atom. The van der Waals surface area contributed by atoms with Crippen LogP contribution in [0.15, 0.2) is 30.3 Å². The highest BCUT2D eigenvalue weighted by atomic mass is 16.5. The van der Waals surface area contributed by atoms with E-state index in [4.69, 9.17) is 4.74 Å². The molecular formula is C20H25N5O6. The minimum Gasteiger partial charge on any atom is -0.349 e. The lowest BCUT2D eigenvalue weighted by molar-refractivity contribution is -0.167. The van der Waals surface area contributed by atoms with E-state index in [-0.39, 0.29) is 26.1 Å². The number of benzene rings is 1. The number of urea groups is 1. The Balaban J connectivity index is 1.75. The number of carbonyl (C=O) groups excluding carboxylic acids is 5. The number of hydrogen-bond donors (Lipinski definition) is 3. The number of rotatable bonds is 7. The van der Waals surface area contributed by atoms with Gasteiger partial charge in [-0.2, -0.15) is 0 Å². The molecule has 3 N–H and O–H groups in total. The monoisotopic (exact) mass is 431 g/mol. The van der Waals surface area contributed by atoms with Gasteiger partial charge < -0.3 is 25.6 Å².